The zero-order valence-corrected chi connectivity index (χ0v) is 10.5. The van der Waals surface area contributed by atoms with E-state index >= 15 is 0 Å². The molecule has 0 aromatic heterocycles. The Hall–Kier alpha value is -0.483. The molecule has 5 heteroatoms. The SMILES string of the molecule is C[Si](C)(C)c1ccc(C(F)(F)F)cc1Cl. The van der Waals surface area contributed by atoms with E-state index in [1.807, 2.05) is 19.6 Å². The molecule has 0 radical (unpaired) electrons. The molecule has 0 aliphatic heterocycles. The molecule has 84 valence electrons. The van der Waals surface area contributed by atoms with Gasteiger partial charge in [0.15, 0.2) is 0 Å². The molecule has 0 heterocycles. The van der Waals surface area contributed by atoms with Gasteiger partial charge in [-0.3, -0.25) is 0 Å². The number of hydrogen-bond acceptors (Lipinski definition) is 0. The highest BCUT2D eigenvalue weighted by atomic mass is 35.5. The smallest absolute Gasteiger partial charge is 0.166 e. The first kappa shape index (κ1) is 12.6. The summed E-state index contributed by atoms with van der Waals surface area (Å²) in [5, 5.41) is 1.08. The molecule has 0 spiro atoms. The van der Waals surface area contributed by atoms with Gasteiger partial charge in [0.2, 0.25) is 0 Å². The minimum atomic E-state index is -4.32. The molecule has 0 amide bonds. The molecular formula is C10H12ClF3Si. The molecule has 0 saturated carbocycles. The van der Waals surface area contributed by atoms with Gasteiger partial charge >= 0.3 is 6.18 Å². The van der Waals surface area contributed by atoms with E-state index in [-0.39, 0.29) is 5.02 Å². The van der Waals surface area contributed by atoms with Crippen LogP contribution in [-0.2, 0) is 6.18 Å². The van der Waals surface area contributed by atoms with E-state index in [1.165, 1.54) is 6.07 Å². The van der Waals surface area contributed by atoms with Crippen LogP contribution < -0.4 is 5.19 Å². The zero-order valence-electron chi connectivity index (χ0n) is 8.74. The van der Waals surface area contributed by atoms with Crippen molar-refractivity contribution in [2.45, 2.75) is 25.8 Å². The summed E-state index contributed by atoms with van der Waals surface area (Å²) in [6.45, 7) is 6.13. The molecule has 1 aromatic rings. The summed E-state index contributed by atoms with van der Waals surface area (Å²) in [6.07, 6.45) is -4.32. The Morgan fingerprint density at radius 3 is 2.00 bits per heavy atom. The number of hydrogen-bond donors (Lipinski definition) is 0. The molecule has 0 atom stereocenters. The predicted molar refractivity (Wildman–Crippen MR) is 59.4 cm³/mol. The molecule has 1 rings (SSSR count). The normalized spacial score (nSPS) is 13.0. The van der Waals surface area contributed by atoms with Crippen LogP contribution in [0.3, 0.4) is 0 Å². The van der Waals surface area contributed by atoms with E-state index in [1.54, 1.807) is 0 Å². The summed E-state index contributed by atoms with van der Waals surface area (Å²) in [6, 6.07) is 3.60. The third-order valence-corrected chi connectivity index (χ3v) is 4.63. The quantitative estimate of drug-likeness (QED) is 0.665. The first-order valence-electron chi connectivity index (χ1n) is 4.49. The molecular weight excluding hydrogens is 241 g/mol. The van der Waals surface area contributed by atoms with Crippen molar-refractivity contribution in [2.24, 2.45) is 0 Å². The summed E-state index contributed by atoms with van der Waals surface area (Å²) in [7, 11) is -1.66. The van der Waals surface area contributed by atoms with Crippen molar-refractivity contribution >= 4 is 24.9 Å². The lowest BCUT2D eigenvalue weighted by molar-refractivity contribution is -0.137. The lowest BCUT2D eigenvalue weighted by Crippen LogP contribution is -2.38. The minimum absolute atomic E-state index is 0.226. The summed E-state index contributed by atoms with van der Waals surface area (Å²) in [5.74, 6) is 0. The number of rotatable bonds is 1. The van der Waals surface area contributed by atoms with Gasteiger partial charge in [0.25, 0.3) is 0 Å². The third-order valence-electron chi connectivity index (χ3n) is 2.10. The number of benzene rings is 1. The van der Waals surface area contributed by atoms with E-state index in [0.29, 0.717) is 0 Å². The van der Waals surface area contributed by atoms with Gasteiger partial charge in [-0.25, -0.2) is 0 Å². The van der Waals surface area contributed by atoms with Crippen LogP contribution in [0, 0.1) is 0 Å². The van der Waals surface area contributed by atoms with Crippen LogP contribution in [0.1, 0.15) is 5.56 Å². The molecule has 15 heavy (non-hydrogen) atoms. The maximum absolute atomic E-state index is 12.3. The van der Waals surface area contributed by atoms with Crippen LogP contribution in [0.2, 0.25) is 24.7 Å². The Balaban J connectivity index is 3.21. The second-order valence-electron chi connectivity index (χ2n) is 4.44. The van der Waals surface area contributed by atoms with Gasteiger partial charge in [-0.15, -0.1) is 0 Å². The Kier molecular flexibility index (Phi) is 3.21. The first-order valence-corrected chi connectivity index (χ1v) is 8.37. The lowest BCUT2D eigenvalue weighted by Gasteiger charge is -2.19. The van der Waals surface area contributed by atoms with Crippen molar-refractivity contribution in [2.75, 3.05) is 0 Å². The summed E-state index contributed by atoms with van der Waals surface area (Å²) in [4.78, 5) is 0. The maximum Gasteiger partial charge on any atom is 0.416 e. The largest absolute Gasteiger partial charge is 0.416 e. The van der Waals surface area contributed by atoms with Crippen molar-refractivity contribution < 1.29 is 13.2 Å². The Morgan fingerprint density at radius 2 is 1.67 bits per heavy atom. The van der Waals surface area contributed by atoms with Gasteiger partial charge < -0.3 is 0 Å². The van der Waals surface area contributed by atoms with Gasteiger partial charge in [0.1, 0.15) is 0 Å². The van der Waals surface area contributed by atoms with E-state index in [4.69, 9.17) is 11.6 Å². The highest BCUT2D eigenvalue weighted by Gasteiger charge is 2.31. The van der Waals surface area contributed by atoms with E-state index in [2.05, 4.69) is 0 Å². The second-order valence-corrected chi connectivity index (χ2v) is 9.89. The standard InChI is InChI=1S/C10H12ClF3Si/c1-15(2,3)9-5-4-7(6-8(9)11)10(12,13)14/h4-6H,1-3H3. The average molecular weight is 253 g/mol. The molecule has 0 unspecified atom stereocenters. The van der Waals surface area contributed by atoms with Crippen LogP contribution in [0.4, 0.5) is 13.2 Å². The van der Waals surface area contributed by atoms with Crippen LogP contribution in [0.25, 0.3) is 0 Å². The van der Waals surface area contributed by atoms with Crippen molar-refractivity contribution in [3.8, 4) is 0 Å². The molecule has 0 N–H and O–H groups in total. The molecule has 0 saturated heterocycles. The Labute approximate surface area is 93.1 Å². The van der Waals surface area contributed by atoms with Gasteiger partial charge in [-0.2, -0.15) is 13.2 Å². The Morgan fingerprint density at radius 1 is 1.13 bits per heavy atom. The minimum Gasteiger partial charge on any atom is -0.166 e. The average Bonchev–Trinajstić information content (AvgIpc) is 1.99. The summed E-state index contributed by atoms with van der Waals surface area (Å²) in [5.41, 5.74) is -0.686. The molecule has 0 aliphatic carbocycles. The predicted octanol–water partition coefficient (Wildman–Crippen LogP) is 3.90. The van der Waals surface area contributed by atoms with Crippen molar-refractivity contribution in [3.63, 3.8) is 0 Å². The van der Waals surface area contributed by atoms with Crippen molar-refractivity contribution in [3.05, 3.63) is 28.8 Å². The van der Waals surface area contributed by atoms with Gasteiger partial charge in [0, 0.05) is 5.02 Å². The molecule has 0 bridgehead atoms. The lowest BCUT2D eigenvalue weighted by atomic mass is 10.2. The van der Waals surface area contributed by atoms with E-state index in [9.17, 15) is 13.2 Å². The second kappa shape index (κ2) is 3.83. The van der Waals surface area contributed by atoms with Gasteiger partial charge in [-0.1, -0.05) is 43.4 Å². The van der Waals surface area contributed by atoms with Crippen molar-refractivity contribution in [1.82, 2.24) is 0 Å². The fourth-order valence-corrected chi connectivity index (χ4v) is 3.70. The summed E-state index contributed by atoms with van der Waals surface area (Å²) < 4.78 is 37.0. The summed E-state index contributed by atoms with van der Waals surface area (Å²) >= 11 is 5.85. The van der Waals surface area contributed by atoms with Crippen LogP contribution in [0.5, 0.6) is 0 Å². The number of alkyl halides is 3. The molecule has 0 aliphatic rings. The first-order chi connectivity index (χ1) is 6.62. The fraction of sp³-hybridized carbons (Fsp3) is 0.400. The van der Waals surface area contributed by atoms with Crippen LogP contribution in [0.15, 0.2) is 18.2 Å². The third kappa shape index (κ3) is 2.98. The van der Waals surface area contributed by atoms with E-state index in [0.717, 1.165) is 17.3 Å². The molecule has 0 nitrogen and oxygen atoms in total. The highest BCUT2D eigenvalue weighted by Crippen LogP contribution is 2.30. The van der Waals surface area contributed by atoms with Crippen molar-refractivity contribution in [1.29, 1.82) is 0 Å². The number of halogens is 4. The monoisotopic (exact) mass is 252 g/mol. The molecule has 1 aromatic carbocycles. The maximum atomic E-state index is 12.3. The molecule has 0 fully saturated rings. The zero-order chi connectivity index (χ0) is 11.9. The van der Waals surface area contributed by atoms with Crippen LogP contribution >= 0.6 is 11.6 Å². The Bertz CT molecular complexity index is 366. The van der Waals surface area contributed by atoms with Gasteiger partial charge in [-0.05, 0) is 11.3 Å². The van der Waals surface area contributed by atoms with Crippen LogP contribution in [-0.4, -0.2) is 8.07 Å². The van der Waals surface area contributed by atoms with Gasteiger partial charge in [0.05, 0.1) is 13.6 Å². The highest BCUT2D eigenvalue weighted by molar-refractivity contribution is 6.90. The fourth-order valence-electron chi connectivity index (χ4n) is 1.30. The topological polar surface area (TPSA) is 0 Å². The van der Waals surface area contributed by atoms with E-state index < -0.39 is 19.8 Å².